The van der Waals surface area contributed by atoms with Crippen molar-refractivity contribution in [3.05, 3.63) is 17.7 Å². The molecule has 188 valence electrons. The van der Waals surface area contributed by atoms with E-state index in [2.05, 4.69) is 15.6 Å². The molecule has 0 spiro atoms. The van der Waals surface area contributed by atoms with Gasteiger partial charge in [0.25, 0.3) is 0 Å². The minimum Gasteiger partial charge on any atom is -0.444 e. The summed E-state index contributed by atoms with van der Waals surface area (Å²) in [7, 11) is 0. The summed E-state index contributed by atoms with van der Waals surface area (Å²) >= 11 is 0. The fraction of sp³-hybridized carbons (Fsp3) is 0.522. The van der Waals surface area contributed by atoms with E-state index in [0.717, 1.165) is 0 Å². The lowest BCUT2D eigenvalue weighted by Crippen LogP contribution is -2.36. The van der Waals surface area contributed by atoms with E-state index in [1.807, 2.05) is 0 Å². The van der Waals surface area contributed by atoms with Gasteiger partial charge in [-0.05, 0) is 39.8 Å². The first-order valence-electron chi connectivity index (χ1n) is 10.7. The zero-order valence-corrected chi connectivity index (χ0v) is 20.7. The number of aliphatic imine (C=N–C) groups is 1. The standard InChI is InChI=1S/C23H33N3O8/c1-14(25-10-8-24-9-11-26-22(30)34-23(5,6)7)18-12-19(31-15(2)27)21(33-17(4)29)20(13-18)32-16(3)28/h12-13,24H,8-11H2,1-7H3,(H,26,30). The number of nitrogens with one attached hydrogen (secondary N) is 2. The Labute approximate surface area is 199 Å². The molecule has 34 heavy (non-hydrogen) atoms. The number of nitrogens with zero attached hydrogens (tertiary/aromatic N) is 1. The monoisotopic (exact) mass is 479 g/mol. The Morgan fingerprint density at radius 1 is 0.824 bits per heavy atom. The molecule has 11 heteroatoms. The molecule has 0 heterocycles. The van der Waals surface area contributed by atoms with E-state index in [9.17, 15) is 19.2 Å². The molecular weight excluding hydrogens is 446 g/mol. The number of rotatable bonds is 10. The maximum absolute atomic E-state index is 11.6. The highest BCUT2D eigenvalue weighted by molar-refractivity contribution is 6.00. The van der Waals surface area contributed by atoms with Gasteiger partial charge in [-0.3, -0.25) is 19.4 Å². The van der Waals surface area contributed by atoms with E-state index < -0.39 is 29.6 Å². The molecule has 0 aromatic heterocycles. The van der Waals surface area contributed by atoms with Crippen molar-refractivity contribution in [1.82, 2.24) is 10.6 Å². The van der Waals surface area contributed by atoms with Gasteiger partial charge in [0, 0.05) is 51.7 Å². The summed E-state index contributed by atoms with van der Waals surface area (Å²) in [6.45, 7) is 12.5. The van der Waals surface area contributed by atoms with Crippen molar-refractivity contribution in [3.8, 4) is 17.2 Å². The predicted molar refractivity (Wildman–Crippen MR) is 125 cm³/mol. The van der Waals surface area contributed by atoms with Crippen LogP contribution in [0.1, 0.15) is 54.0 Å². The van der Waals surface area contributed by atoms with Crippen LogP contribution in [0.2, 0.25) is 0 Å². The quantitative estimate of drug-likeness (QED) is 0.224. The predicted octanol–water partition coefficient (Wildman–Crippen LogP) is 2.39. The molecule has 0 aliphatic heterocycles. The number of carbonyl (C=O) groups excluding carboxylic acids is 4. The van der Waals surface area contributed by atoms with Gasteiger partial charge in [-0.2, -0.15) is 0 Å². The minimum absolute atomic E-state index is 0.0719. The lowest BCUT2D eigenvalue weighted by molar-refractivity contribution is -0.135. The van der Waals surface area contributed by atoms with Crippen molar-refractivity contribution < 1.29 is 38.1 Å². The number of amides is 1. The summed E-state index contributed by atoms with van der Waals surface area (Å²) in [6.07, 6.45) is -0.479. The van der Waals surface area contributed by atoms with Gasteiger partial charge in [-0.25, -0.2) is 4.79 Å². The van der Waals surface area contributed by atoms with Gasteiger partial charge in [-0.1, -0.05) is 0 Å². The Hall–Kier alpha value is -3.47. The normalized spacial score (nSPS) is 11.4. The molecule has 1 rings (SSSR count). The average molecular weight is 480 g/mol. The molecule has 1 amide bonds. The summed E-state index contributed by atoms with van der Waals surface area (Å²) in [5, 5.41) is 5.79. The summed E-state index contributed by atoms with van der Waals surface area (Å²) in [6, 6.07) is 2.95. The first-order chi connectivity index (χ1) is 15.8. The highest BCUT2D eigenvalue weighted by Gasteiger charge is 2.21. The zero-order valence-electron chi connectivity index (χ0n) is 20.7. The number of hydrogen-bond donors (Lipinski definition) is 2. The van der Waals surface area contributed by atoms with Crippen LogP contribution >= 0.6 is 0 Å². The van der Waals surface area contributed by atoms with Crippen molar-refractivity contribution in [2.45, 2.75) is 54.1 Å². The second-order valence-electron chi connectivity index (χ2n) is 8.23. The molecule has 0 atom stereocenters. The molecule has 0 fully saturated rings. The van der Waals surface area contributed by atoms with Gasteiger partial charge < -0.3 is 29.6 Å². The lowest BCUT2D eigenvalue weighted by Gasteiger charge is -2.19. The van der Waals surface area contributed by atoms with Crippen molar-refractivity contribution in [2.24, 2.45) is 4.99 Å². The Morgan fingerprint density at radius 2 is 1.35 bits per heavy atom. The van der Waals surface area contributed by atoms with Crippen LogP contribution in [0.25, 0.3) is 0 Å². The third kappa shape index (κ3) is 11.4. The Morgan fingerprint density at radius 3 is 1.82 bits per heavy atom. The van der Waals surface area contributed by atoms with Crippen LogP contribution in [0.5, 0.6) is 17.2 Å². The van der Waals surface area contributed by atoms with E-state index in [-0.39, 0.29) is 17.2 Å². The smallest absolute Gasteiger partial charge is 0.407 e. The summed E-state index contributed by atoms with van der Waals surface area (Å²) in [4.78, 5) is 50.6. The molecule has 0 saturated carbocycles. The number of benzene rings is 1. The first kappa shape index (κ1) is 28.6. The molecule has 0 aliphatic carbocycles. The number of carbonyl (C=O) groups is 4. The number of alkyl carbamates (subject to hydrolysis) is 1. The number of hydrogen-bond acceptors (Lipinski definition) is 10. The van der Waals surface area contributed by atoms with Crippen molar-refractivity contribution in [1.29, 1.82) is 0 Å². The second kappa shape index (κ2) is 13.3. The van der Waals surface area contributed by atoms with Crippen LogP contribution in [0, 0.1) is 0 Å². The van der Waals surface area contributed by atoms with Gasteiger partial charge >= 0.3 is 24.0 Å². The second-order valence-corrected chi connectivity index (χ2v) is 8.23. The SMILES string of the molecule is CC(=O)Oc1cc(C(C)=NCCNCCNC(=O)OC(C)(C)C)cc(OC(C)=O)c1OC(C)=O. The van der Waals surface area contributed by atoms with Crippen LogP contribution in [0.4, 0.5) is 4.79 Å². The summed E-state index contributed by atoms with van der Waals surface area (Å²) in [5.74, 6) is -2.27. The Bertz CT molecular complexity index is 898. The maximum Gasteiger partial charge on any atom is 0.407 e. The molecule has 1 aromatic carbocycles. The number of esters is 3. The lowest BCUT2D eigenvalue weighted by atomic mass is 10.1. The third-order valence-corrected chi connectivity index (χ3v) is 3.80. The topological polar surface area (TPSA) is 142 Å². The fourth-order valence-electron chi connectivity index (χ4n) is 2.58. The van der Waals surface area contributed by atoms with Crippen molar-refractivity contribution >= 4 is 29.7 Å². The molecule has 1 aromatic rings. The van der Waals surface area contributed by atoms with Gasteiger partial charge in [0.05, 0.1) is 6.54 Å². The summed E-state index contributed by atoms with van der Waals surface area (Å²) < 4.78 is 20.6. The summed E-state index contributed by atoms with van der Waals surface area (Å²) in [5.41, 5.74) is 0.532. The fourth-order valence-corrected chi connectivity index (χ4v) is 2.58. The molecule has 0 aliphatic rings. The van der Waals surface area contributed by atoms with Crippen LogP contribution in [-0.4, -0.2) is 61.5 Å². The van der Waals surface area contributed by atoms with Gasteiger partial charge in [0.1, 0.15) is 5.60 Å². The zero-order chi connectivity index (χ0) is 25.9. The average Bonchev–Trinajstić information content (AvgIpc) is 2.66. The van der Waals surface area contributed by atoms with Crippen LogP contribution < -0.4 is 24.8 Å². The van der Waals surface area contributed by atoms with Gasteiger partial charge in [0.15, 0.2) is 11.5 Å². The van der Waals surface area contributed by atoms with E-state index in [1.54, 1.807) is 27.7 Å². The highest BCUT2D eigenvalue weighted by Crippen LogP contribution is 2.39. The van der Waals surface area contributed by atoms with E-state index >= 15 is 0 Å². The molecule has 11 nitrogen and oxygen atoms in total. The van der Waals surface area contributed by atoms with Gasteiger partial charge in [0.2, 0.25) is 5.75 Å². The van der Waals surface area contributed by atoms with Crippen LogP contribution in [0.15, 0.2) is 17.1 Å². The van der Waals surface area contributed by atoms with Crippen molar-refractivity contribution in [2.75, 3.05) is 26.2 Å². The van der Waals surface area contributed by atoms with E-state index in [0.29, 0.717) is 37.5 Å². The molecule has 0 bridgehead atoms. The highest BCUT2D eigenvalue weighted by atomic mass is 16.6. The Kier molecular flexibility index (Phi) is 11.2. The molecule has 0 unspecified atom stereocenters. The third-order valence-electron chi connectivity index (χ3n) is 3.80. The van der Waals surface area contributed by atoms with Crippen molar-refractivity contribution in [3.63, 3.8) is 0 Å². The Balaban J connectivity index is 2.82. The maximum atomic E-state index is 11.6. The van der Waals surface area contributed by atoms with E-state index in [4.69, 9.17) is 18.9 Å². The molecule has 2 N–H and O–H groups in total. The first-order valence-corrected chi connectivity index (χ1v) is 10.7. The molecule has 0 saturated heterocycles. The van der Waals surface area contributed by atoms with Gasteiger partial charge in [-0.15, -0.1) is 0 Å². The minimum atomic E-state index is -0.674. The van der Waals surface area contributed by atoms with E-state index in [1.165, 1.54) is 32.9 Å². The molecule has 0 radical (unpaired) electrons. The van der Waals surface area contributed by atoms with Crippen LogP contribution in [0.3, 0.4) is 0 Å². The van der Waals surface area contributed by atoms with Crippen LogP contribution in [-0.2, 0) is 19.1 Å². The largest absolute Gasteiger partial charge is 0.444 e. The molecular formula is C23H33N3O8. The number of ether oxygens (including phenoxy) is 4.